The van der Waals surface area contributed by atoms with Crippen molar-refractivity contribution in [3.8, 4) is 0 Å². The van der Waals surface area contributed by atoms with Gasteiger partial charge in [-0.25, -0.2) is 0 Å². The maximum absolute atomic E-state index is 11.9. The Morgan fingerprint density at radius 2 is 1.65 bits per heavy atom. The summed E-state index contributed by atoms with van der Waals surface area (Å²) in [5, 5.41) is 0. The van der Waals surface area contributed by atoms with Gasteiger partial charge in [-0.15, -0.1) is 0 Å². The highest BCUT2D eigenvalue weighted by atomic mass is 16.1. The topological polar surface area (TPSA) is 37.4 Å². The van der Waals surface area contributed by atoms with Crippen molar-refractivity contribution in [3.05, 3.63) is 23.4 Å². The van der Waals surface area contributed by atoms with E-state index < -0.39 is 0 Å². The van der Waals surface area contributed by atoms with Gasteiger partial charge in [-0.05, 0) is 24.0 Å². The van der Waals surface area contributed by atoms with E-state index in [0.717, 1.165) is 5.57 Å². The Balaban J connectivity index is 2.96. The third-order valence-electron chi connectivity index (χ3n) is 2.71. The summed E-state index contributed by atoms with van der Waals surface area (Å²) in [5.74, 6) is -0.0597. The first-order valence-electron chi connectivity index (χ1n) is 5.84. The third-order valence-corrected chi connectivity index (χ3v) is 2.71. The molecular formula is C14H21NO2. The van der Waals surface area contributed by atoms with E-state index in [0.29, 0.717) is 18.4 Å². The van der Waals surface area contributed by atoms with Gasteiger partial charge in [0.2, 0.25) is 0 Å². The number of rotatable bonds is 2. The number of allylic oxidation sites excluding steroid dienone is 3. The molecule has 0 radical (unpaired) electrons. The van der Waals surface area contributed by atoms with Crippen LogP contribution in [0.2, 0.25) is 0 Å². The highest BCUT2D eigenvalue weighted by molar-refractivity contribution is 6.22. The first-order valence-corrected chi connectivity index (χ1v) is 5.84. The number of hydrogen-bond acceptors (Lipinski definition) is 3. The van der Waals surface area contributed by atoms with E-state index in [1.165, 1.54) is 0 Å². The molecule has 1 saturated carbocycles. The van der Waals surface area contributed by atoms with Crippen molar-refractivity contribution in [3.63, 3.8) is 0 Å². The molecule has 0 amide bonds. The summed E-state index contributed by atoms with van der Waals surface area (Å²) >= 11 is 0. The predicted molar refractivity (Wildman–Crippen MR) is 68.6 cm³/mol. The van der Waals surface area contributed by atoms with Crippen LogP contribution in [-0.2, 0) is 9.59 Å². The lowest BCUT2D eigenvalue weighted by molar-refractivity contribution is -0.127. The Kier molecular flexibility index (Phi) is 3.91. The molecule has 94 valence electrons. The maximum atomic E-state index is 11.9. The molecule has 0 unspecified atom stereocenters. The Bertz CT molecular complexity index is 378. The first-order chi connectivity index (χ1) is 7.71. The van der Waals surface area contributed by atoms with E-state index in [4.69, 9.17) is 0 Å². The standard InChI is InChI=1S/C14H21NO2/c1-10(9-15(4)5)6-11-12(16)7-14(2,3)8-13(11)17/h6,9H,7-8H2,1-5H3/b10-9+. The van der Waals surface area contributed by atoms with Crippen LogP contribution in [0.3, 0.4) is 0 Å². The molecule has 17 heavy (non-hydrogen) atoms. The number of nitrogens with zero attached hydrogens (tertiary/aromatic N) is 1. The average molecular weight is 235 g/mol. The maximum Gasteiger partial charge on any atom is 0.167 e. The second-order valence-corrected chi connectivity index (χ2v) is 5.76. The molecule has 1 rings (SSSR count). The van der Waals surface area contributed by atoms with E-state index in [1.807, 2.05) is 46.0 Å². The van der Waals surface area contributed by atoms with Crippen molar-refractivity contribution in [2.24, 2.45) is 5.41 Å². The Morgan fingerprint density at radius 1 is 1.18 bits per heavy atom. The fraction of sp³-hybridized carbons (Fsp3) is 0.571. The van der Waals surface area contributed by atoms with Gasteiger partial charge in [0.25, 0.3) is 0 Å². The molecule has 0 atom stereocenters. The van der Waals surface area contributed by atoms with Gasteiger partial charge in [0.1, 0.15) is 0 Å². The second kappa shape index (κ2) is 4.86. The zero-order valence-corrected chi connectivity index (χ0v) is 11.3. The SMILES string of the molecule is C/C(C=C1C(=O)CC(C)(C)CC1=O)=C\N(C)C. The van der Waals surface area contributed by atoms with Gasteiger partial charge in [-0.3, -0.25) is 9.59 Å². The molecule has 0 aromatic rings. The highest BCUT2D eigenvalue weighted by Crippen LogP contribution is 2.33. The zero-order valence-electron chi connectivity index (χ0n) is 11.3. The molecule has 0 aliphatic heterocycles. The summed E-state index contributed by atoms with van der Waals surface area (Å²) < 4.78 is 0. The van der Waals surface area contributed by atoms with Crippen molar-refractivity contribution in [1.82, 2.24) is 4.90 Å². The molecule has 0 bridgehead atoms. The second-order valence-electron chi connectivity index (χ2n) is 5.76. The Hall–Kier alpha value is -1.38. The van der Waals surface area contributed by atoms with Gasteiger partial charge in [-0.2, -0.15) is 0 Å². The van der Waals surface area contributed by atoms with Gasteiger partial charge < -0.3 is 4.90 Å². The van der Waals surface area contributed by atoms with Gasteiger partial charge >= 0.3 is 0 Å². The molecule has 3 nitrogen and oxygen atoms in total. The van der Waals surface area contributed by atoms with Crippen LogP contribution in [0, 0.1) is 5.41 Å². The summed E-state index contributed by atoms with van der Waals surface area (Å²) in [4.78, 5) is 25.7. The molecule has 1 fully saturated rings. The van der Waals surface area contributed by atoms with Crippen molar-refractivity contribution >= 4 is 11.6 Å². The third kappa shape index (κ3) is 3.84. The minimum atomic E-state index is -0.190. The summed E-state index contributed by atoms with van der Waals surface area (Å²) in [7, 11) is 3.82. The molecule has 0 saturated heterocycles. The van der Waals surface area contributed by atoms with Gasteiger partial charge in [0.15, 0.2) is 11.6 Å². The largest absolute Gasteiger partial charge is 0.383 e. The molecular weight excluding hydrogens is 214 g/mol. The van der Waals surface area contributed by atoms with E-state index in [1.54, 1.807) is 6.08 Å². The normalized spacial score (nSPS) is 20.5. The molecule has 0 aromatic heterocycles. The van der Waals surface area contributed by atoms with Crippen LogP contribution in [0.1, 0.15) is 33.6 Å². The van der Waals surface area contributed by atoms with Crippen LogP contribution in [0.5, 0.6) is 0 Å². The number of Topliss-reactive ketones (excluding diaryl/α,β-unsaturated/α-hetero) is 2. The van der Waals surface area contributed by atoms with E-state index in [2.05, 4.69) is 0 Å². The van der Waals surface area contributed by atoms with Crippen LogP contribution >= 0.6 is 0 Å². The lowest BCUT2D eigenvalue weighted by Crippen LogP contribution is -2.31. The first kappa shape index (κ1) is 13.7. The Morgan fingerprint density at radius 3 is 2.06 bits per heavy atom. The molecule has 0 aromatic carbocycles. The summed E-state index contributed by atoms with van der Waals surface area (Å²) in [5.41, 5.74) is 1.09. The summed E-state index contributed by atoms with van der Waals surface area (Å²) in [6.07, 6.45) is 4.52. The van der Waals surface area contributed by atoms with E-state index in [-0.39, 0.29) is 17.0 Å². The van der Waals surface area contributed by atoms with Crippen LogP contribution in [-0.4, -0.2) is 30.6 Å². The summed E-state index contributed by atoms with van der Waals surface area (Å²) in [6, 6.07) is 0. The molecule has 1 aliphatic carbocycles. The fourth-order valence-electron chi connectivity index (χ4n) is 2.11. The lowest BCUT2D eigenvalue weighted by Gasteiger charge is -2.28. The molecule has 1 aliphatic rings. The quantitative estimate of drug-likeness (QED) is 0.544. The van der Waals surface area contributed by atoms with E-state index >= 15 is 0 Å². The number of carbonyl (C=O) groups is 2. The van der Waals surface area contributed by atoms with Gasteiger partial charge in [-0.1, -0.05) is 13.8 Å². The molecule has 0 N–H and O–H groups in total. The van der Waals surface area contributed by atoms with Crippen LogP contribution in [0.15, 0.2) is 23.4 Å². The van der Waals surface area contributed by atoms with Crippen molar-refractivity contribution < 1.29 is 9.59 Å². The molecule has 3 heteroatoms. The lowest BCUT2D eigenvalue weighted by atomic mass is 9.74. The van der Waals surface area contributed by atoms with Crippen LogP contribution in [0.25, 0.3) is 0 Å². The Labute approximate surface area is 103 Å². The number of carbonyl (C=O) groups excluding carboxylic acids is 2. The van der Waals surface area contributed by atoms with Crippen molar-refractivity contribution in [2.75, 3.05) is 14.1 Å². The highest BCUT2D eigenvalue weighted by Gasteiger charge is 2.35. The number of ketones is 2. The van der Waals surface area contributed by atoms with Gasteiger partial charge in [0, 0.05) is 33.1 Å². The van der Waals surface area contributed by atoms with Gasteiger partial charge in [0.05, 0.1) is 5.57 Å². The monoisotopic (exact) mass is 235 g/mol. The van der Waals surface area contributed by atoms with Crippen LogP contribution < -0.4 is 0 Å². The summed E-state index contributed by atoms with van der Waals surface area (Å²) in [6.45, 7) is 5.82. The van der Waals surface area contributed by atoms with E-state index in [9.17, 15) is 9.59 Å². The smallest absolute Gasteiger partial charge is 0.167 e. The fourth-order valence-corrected chi connectivity index (χ4v) is 2.11. The van der Waals surface area contributed by atoms with Crippen molar-refractivity contribution in [2.45, 2.75) is 33.6 Å². The average Bonchev–Trinajstić information content (AvgIpc) is 2.08. The minimum absolute atomic E-state index is 0.0299. The van der Waals surface area contributed by atoms with Crippen molar-refractivity contribution in [1.29, 1.82) is 0 Å². The zero-order chi connectivity index (χ0) is 13.2. The molecule has 0 spiro atoms. The molecule has 0 heterocycles. The number of hydrogen-bond donors (Lipinski definition) is 0. The predicted octanol–water partition coefficient (Wildman–Crippen LogP) is 2.34. The minimum Gasteiger partial charge on any atom is -0.383 e. The van der Waals surface area contributed by atoms with Crippen LogP contribution in [0.4, 0.5) is 0 Å².